The molecule has 10 bridgehead atoms. The number of nitrogens with zero attached hydrogens (tertiary/aromatic N) is 1. The van der Waals surface area contributed by atoms with Crippen LogP contribution in [-0.2, 0) is 40.1 Å². The van der Waals surface area contributed by atoms with Crippen LogP contribution in [0, 0.1) is 29.8 Å². The second kappa shape index (κ2) is 29.8. The summed E-state index contributed by atoms with van der Waals surface area (Å²) in [4.78, 5) is 18.5. The lowest BCUT2D eigenvalue weighted by Crippen LogP contribution is -2.35. The van der Waals surface area contributed by atoms with E-state index in [1.165, 1.54) is 0 Å². The number of aliphatic imine (C=N–C) groups is 1. The van der Waals surface area contributed by atoms with Crippen LogP contribution in [0.1, 0.15) is 153 Å². The Hall–Kier alpha value is -7.16. The number of phenolic OH excluding ortho intramolecular Hbond substituents is 1. The number of Topliss-reactive ketones (excluding diaryl/α,β-unsaturated/α-hetero) is 1. The van der Waals surface area contributed by atoms with Gasteiger partial charge in [-0.2, -0.15) is 0 Å². The molecule has 2 aliphatic carbocycles. The van der Waals surface area contributed by atoms with Crippen LogP contribution in [0.3, 0.4) is 0 Å². The fourth-order valence-electron chi connectivity index (χ4n) is 12.9. The molecule has 5 aromatic rings. The molecule has 15 heteroatoms. The fraction of sp³-hybridized carbons (Fsp3) is 0.457. The highest BCUT2D eigenvalue weighted by atomic mass is 16.5. The number of aromatic hydroxyl groups is 1. The number of phenols is 1. The van der Waals surface area contributed by atoms with Crippen molar-refractivity contribution in [2.75, 3.05) is 52.3 Å². The molecule has 5 aromatic carbocycles. The molecule has 4 aliphatic heterocycles. The van der Waals surface area contributed by atoms with Crippen molar-refractivity contribution in [2.24, 2.45) is 28.5 Å². The summed E-state index contributed by atoms with van der Waals surface area (Å²) in [7, 11) is 3.21. The van der Waals surface area contributed by atoms with Crippen LogP contribution in [0.2, 0.25) is 0 Å². The molecular formula is C70H87N5O10. The van der Waals surface area contributed by atoms with Crippen LogP contribution >= 0.6 is 0 Å². The van der Waals surface area contributed by atoms with Gasteiger partial charge in [0.05, 0.1) is 19.6 Å². The van der Waals surface area contributed by atoms with Crippen molar-refractivity contribution in [3.05, 3.63) is 158 Å². The predicted octanol–water partition coefficient (Wildman–Crippen LogP) is 11.0. The number of hydrogen-bond donors (Lipinski definition) is 9. The van der Waals surface area contributed by atoms with Gasteiger partial charge >= 0.3 is 0 Å². The van der Waals surface area contributed by atoms with Crippen LogP contribution in [0.15, 0.2) is 113 Å². The maximum absolute atomic E-state index is 14.5. The van der Waals surface area contributed by atoms with Gasteiger partial charge in [0, 0.05) is 73.2 Å². The number of anilines is 1. The van der Waals surface area contributed by atoms with Gasteiger partial charge in [-0.3, -0.25) is 15.1 Å². The summed E-state index contributed by atoms with van der Waals surface area (Å²) < 4.78 is 25.4. The van der Waals surface area contributed by atoms with Crippen molar-refractivity contribution in [1.29, 1.82) is 0 Å². The summed E-state index contributed by atoms with van der Waals surface area (Å²) in [6.07, 6.45) is 14.8. The number of carbonyl (C=O) groups is 1. The van der Waals surface area contributed by atoms with E-state index in [-0.39, 0.29) is 60.1 Å². The molecule has 8 unspecified atom stereocenters. The van der Waals surface area contributed by atoms with Gasteiger partial charge in [-0.05, 0) is 175 Å². The molecular weight excluding hydrogens is 1070 g/mol. The Balaban J connectivity index is 1.22. The van der Waals surface area contributed by atoms with Crippen LogP contribution in [0.25, 0.3) is 16.8 Å². The highest BCUT2D eigenvalue weighted by Crippen LogP contribution is 2.51. The number of aryl methyl sites for hydroxylation is 2. The Morgan fingerprint density at radius 1 is 0.929 bits per heavy atom. The van der Waals surface area contributed by atoms with Crippen molar-refractivity contribution < 1.29 is 49.3 Å². The van der Waals surface area contributed by atoms with Gasteiger partial charge in [-0.1, -0.05) is 93.8 Å². The summed E-state index contributed by atoms with van der Waals surface area (Å²) in [5, 5.41) is 71.0. The lowest BCUT2D eigenvalue weighted by atomic mass is 9.70. The van der Waals surface area contributed by atoms with Crippen LogP contribution in [0.4, 0.5) is 5.69 Å². The number of aliphatic hydroxyl groups excluding tert-OH is 3. The molecule has 0 saturated carbocycles. The molecule has 6 aliphatic rings. The molecule has 0 saturated heterocycles. The summed E-state index contributed by atoms with van der Waals surface area (Å²) in [6, 6.07) is 25.8. The lowest BCUT2D eigenvalue weighted by Gasteiger charge is -2.35. The maximum atomic E-state index is 14.5. The van der Waals surface area contributed by atoms with Gasteiger partial charge in [0.2, 0.25) is 0 Å². The highest BCUT2D eigenvalue weighted by Gasteiger charge is 2.38. The van der Waals surface area contributed by atoms with Crippen molar-refractivity contribution in [1.82, 2.24) is 10.6 Å². The van der Waals surface area contributed by atoms with Gasteiger partial charge in [0.25, 0.3) is 0 Å². The highest BCUT2D eigenvalue weighted by molar-refractivity contribution is 6.01. The first-order valence-corrected chi connectivity index (χ1v) is 30.6. The van der Waals surface area contributed by atoms with E-state index in [4.69, 9.17) is 24.7 Å². The first-order chi connectivity index (χ1) is 41.2. The molecule has 0 amide bonds. The minimum atomic E-state index is -1.94. The molecule has 0 spiro atoms. The summed E-state index contributed by atoms with van der Waals surface area (Å²) >= 11 is 0. The Kier molecular flexibility index (Phi) is 21.8. The SMILES string of the molecule is CCNCCCOCCc1cccc(C2CC(CNC(O)CC)C3=CC(CCCCc4cccc(NC(N)=NC)c4)C(C=C3O)CC3CC(=O)CCc4ccc(OC)c(c4)OCc4c(C(O)O)cc5c(c(O)cc6c5c4C=CC6C)C2C#CO3)c1. The second-order valence-corrected chi connectivity index (χ2v) is 23.3. The molecule has 0 aromatic heterocycles. The first-order valence-electron chi connectivity index (χ1n) is 30.6. The number of guanidine groups is 1. The zero-order valence-electron chi connectivity index (χ0n) is 50.0. The van der Waals surface area contributed by atoms with Crippen LogP contribution < -0.4 is 31.2 Å². The van der Waals surface area contributed by atoms with E-state index in [9.17, 15) is 30.3 Å². The van der Waals surface area contributed by atoms with Gasteiger partial charge in [0.15, 0.2) is 23.7 Å². The summed E-state index contributed by atoms with van der Waals surface area (Å²) in [5.41, 5.74) is 14.4. The first kappa shape index (κ1) is 62.4. The fourth-order valence-corrected chi connectivity index (χ4v) is 12.9. The monoisotopic (exact) mass is 1160 g/mol. The minimum absolute atomic E-state index is 0.0146. The van der Waals surface area contributed by atoms with Gasteiger partial charge in [0.1, 0.15) is 42.3 Å². The number of methoxy groups -OCH3 is 1. The minimum Gasteiger partial charge on any atom is -0.508 e. The van der Waals surface area contributed by atoms with Crippen LogP contribution in [0.5, 0.6) is 17.2 Å². The van der Waals surface area contributed by atoms with E-state index in [0.717, 1.165) is 95.2 Å². The van der Waals surface area contributed by atoms with Crippen LogP contribution in [-0.4, -0.2) is 96.6 Å². The number of hydrogen-bond acceptors (Lipinski definition) is 13. The van der Waals surface area contributed by atoms with Crippen molar-refractivity contribution >= 4 is 34.3 Å². The molecule has 10 N–H and O–H groups in total. The number of nitrogens with two attached hydrogens (primary N) is 1. The third-order valence-corrected chi connectivity index (χ3v) is 17.5. The lowest BCUT2D eigenvalue weighted by molar-refractivity contribution is -0.121. The number of unbranched alkanes of at least 4 members (excludes halogenated alkanes) is 1. The average Bonchev–Trinajstić information content (AvgIpc) is 3.61. The van der Waals surface area contributed by atoms with E-state index in [1.807, 2.05) is 67.6 Å². The summed E-state index contributed by atoms with van der Waals surface area (Å²) in [6.45, 7) is 9.24. The normalized spacial score (nSPS) is 21.8. The molecule has 8 atom stereocenters. The smallest absolute Gasteiger partial charge is 0.192 e. The molecule has 452 valence electrons. The Labute approximate surface area is 501 Å². The van der Waals surface area contributed by atoms with E-state index < -0.39 is 36.4 Å². The second-order valence-electron chi connectivity index (χ2n) is 23.3. The number of aliphatic hydroxyl groups is 4. The number of carbonyl (C=O) groups excluding carboxylic acids is 1. The number of ketones is 1. The molecule has 0 radical (unpaired) electrons. The van der Waals surface area contributed by atoms with E-state index in [0.29, 0.717) is 85.8 Å². The number of rotatable bonds is 21. The standard InChI is InChI=1S/C70H87N5O10/c1-6-66(79)74-41-50-36-57(48-17-10-14-45(31-48)25-29-83-28-12-27-73-7-2)55-26-30-84-53(34-49-37-62(77)58(50)35-47(49)16-9-8-13-44-15-11-18-51(32-44)75-70(71)72-4)38-52(76)22-20-46-21-24-64(82-5)65(33-46)85-42-61-54-23-19-43(3)56-40-63(78)68(55)60(67(54)56)39-59(61)69(80)81/h10-11,14-15,17-19,21,23-24,31-33,35,37,39-40,43,47,49-50,53,55,57,66,69,73-74,77-81H,6-9,12-13,16,20,22,25,27-29,34,36,38,41-42H2,1-5H3,(H3,71,72,75). The molecule has 15 nitrogen and oxygen atoms in total. The van der Waals surface area contributed by atoms with Crippen molar-refractivity contribution in [2.45, 2.75) is 141 Å². The van der Waals surface area contributed by atoms with E-state index >= 15 is 0 Å². The Morgan fingerprint density at radius 2 is 1.75 bits per heavy atom. The largest absolute Gasteiger partial charge is 0.508 e. The zero-order chi connectivity index (χ0) is 60.0. The van der Waals surface area contributed by atoms with E-state index in [1.54, 1.807) is 20.2 Å². The third-order valence-electron chi connectivity index (χ3n) is 17.5. The quantitative estimate of drug-likeness (QED) is 0.0109. The maximum Gasteiger partial charge on any atom is 0.192 e. The third kappa shape index (κ3) is 15.6. The topological polar surface area (TPSA) is 230 Å². The Bertz CT molecular complexity index is 3320. The summed E-state index contributed by atoms with van der Waals surface area (Å²) in [5.74, 6) is 2.78. The Morgan fingerprint density at radius 3 is 2.54 bits per heavy atom. The van der Waals surface area contributed by atoms with Gasteiger partial charge in [-0.25, -0.2) is 0 Å². The number of nitrogens with one attached hydrogen (secondary N) is 3. The number of fused-ring (bicyclic) bond motifs is 8. The number of benzene rings is 5. The number of ether oxygens (including phenoxy) is 4. The van der Waals surface area contributed by atoms with Gasteiger partial charge in [-0.15, -0.1) is 0 Å². The molecule has 85 heavy (non-hydrogen) atoms. The molecule has 0 fully saturated rings. The average molecular weight is 1160 g/mol. The molecule has 11 rings (SSSR count). The van der Waals surface area contributed by atoms with Crippen molar-refractivity contribution in [3.63, 3.8) is 0 Å². The number of allylic oxidation sites excluding steroid dienone is 4. The van der Waals surface area contributed by atoms with Crippen molar-refractivity contribution in [3.8, 4) is 29.3 Å². The molecule has 4 heterocycles. The zero-order valence-corrected chi connectivity index (χ0v) is 50.0. The van der Waals surface area contributed by atoms with E-state index in [2.05, 4.69) is 83.2 Å². The predicted molar refractivity (Wildman–Crippen MR) is 336 cm³/mol. The van der Waals surface area contributed by atoms with Gasteiger partial charge < -0.3 is 60.8 Å².